The molecule has 182 valence electrons. The van der Waals surface area contributed by atoms with Crippen LogP contribution in [0.25, 0.3) is 11.1 Å². The first kappa shape index (κ1) is 24.0. The van der Waals surface area contributed by atoms with Gasteiger partial charge in [-0.05, 0) is 78.9 Å². The van der Waals surface area contributed by atoms with Crippen molar-refractivity contribution in [2.75, 3.05) is 4.90 Å². The van der Waals surface area contributed by atoms with Gasteiger partial charge in [-0.1, -0.05) is 54.1 Å². The van der Waals surface area contributed by atoms with Crippen LogP contribution >= 0.6 is 11.6 Å². The number of aliphatic hydroxyl groups excluding tert-OH is 1. The van der Waals surface area contributed by atoms with Crippen molar-refractivity contribution in [1.29, 1.82) is 0 Å². The number of phenolic OH excluding ortho intramolecular Hbond substituents is 1. The van der Waals surface area contributed by atoms with Crippen LogP contribution in [0.4, 0.5) is 5.69 Å². The summed E-state index contributed by atoms with van der Waals surface area (Å²) >= 11 is 5.96. The van der Waals surface area contributed by atoms with Gasteiger partial charge in [-0.2, -0.15) is 0 Å². The number of aryl methyl sites for hydroxylation is 1. The summed E-state index contributed by atoms with van der Waals surface area (Å²) < 4.78 is 0. The number of hydrogen-bond acceptors (Lipinski definition) is 4. The monoisotopic (exact) mass is 498 g/mol. The summed E-state index contributed by atoms with van der Waals surface area (Å²) in [5, 5.41) is 21.1. The number of rotatable bonds is 7. The van der Waals surface area contributed by atoms with E-state index >= 15 is 0 Å². The van der Waals surface area contributed by atoms with Crippen molar-refractivity contribution in [3.05, 3.63) is 113 Å². The molecule has 2 heterocycles. The van der Waals surface area contributed by atoms with E-state index in [0.29, 0.717) is 17.9 Å². The minimum Gasteiger partial charge on any atom is -0.508 e. The van der Waals surface area contributed by atoms with Crippen molar-refractivity contribution in [1.82, 2.24) is 4.98 Å². The summed E-state index contributed by atoms with van der Waals surface area (Å²) in [4.78, 5) is 19.5. The largest absolute Gasteiger partial charge is 0.508 e. The molecule has 5 rings (SSSR count). The van der Waals surface area contributed by atoms with Crippen LogP contribution in [0.5, 0.6) is 5.75 Å². The molecule has 1 aliphatic rings. The van der Waals surface area contributed by atoms with Gasteiger partial charge in [-0.25, -0.2) is 0 Å². The fraction of sp³-hybridized carbons (Fsp3) is 0.200. The maximum atomic E-state index is 13.4. The van der Waals surface area contributed by atoms with Gasteiger partial charge in [0.1, 0.15) is 5.75 Å². The minimum absolute atomic E-state index is 0.0288. The third-order valence-corrected chi connectivity index (χ3v) is 7.10. The summed E-state index contributed by atoms with van der Waals surface area (Å²) in [5.41, 5.74) is 5.56. The van der Waals surface area contributed by atoms with Gasteiger partial charge in [0.15, 0.2) is 0 Å². The van der Waals surface area contributed by atoms with Crippen LogP contribution in [0.2, 0.25) is 5.02 Å². The zero-order valence-corrected chi connectivity index (χ0v) is 20.6. The zero-order valence-electron chi connectivity index (χ0n) is 19.9. The van der Waals surface area contributed by atoms with Crippen LogP contribution in [0.1, 0.15) is 41.8 Å². The molecule has 0 aliphatic carbocycles. The number of aliphatic hydroxyl groups is 1. The number of nitrogens with zero attached hydrogens (tertiary/aromatic N) is 2. The number of amides is 1. The lowest BCUT2D eigenvalue weighted by molar-refractivity contribution is -0.131. The molecule has 2 N–H and O–H groups in total. The molecule has 0 radical (unpaired) electrons. The van der Waals surface area contributed by atoms with Crippen LogP contribution in [-0.4, -0.2) is 21.1 Å². The third-order valence-electron chi connectivity index (χ3n) is 6.84. The Labute approximate surface area is 215 Å². The Morgan fingerprint density at radius 3 is 2.22 bits per heavy atom. The van der Waals surface area contributed by atoms with E-state index in [9.17, 15) is 15.0 Å². The number of halogens is 1. The number of benzene rings is 3. The normalized spacial score (nSPS) is 18.1. The van der Waals surface area contributed by atoms with Gasteiger partial charge in [0.2, 0.25) is 5.91 Å². The highest BCUT2D eigenvalue weighted by atomic mass is 35.5. The second kappa shape index (κ2) is 10.1. The molecule has 0 bridgehead atoms. The highest BCUT2D eigenvalue weighted by molar-refractivity contribution is 6.30. The Kier molecular flexibility index (Phi) is 6.77. The van der Waals surface area contributed by atoms with Gasteiger partial charge in [0.05, 0.1) is 18.1 Å². The van der Waals surface area contributed by atoms with E-state index in [2.05, 4.69) is 4.98 Å². The summed E-state index contributed by atoms with van der Waals surface area (Å²) in [7, 11) is 0. The van der Waals surface area contributed by atoms with Crippen molar-refractivity contribution in [2.45, 2.75) is 31.9 Å². The molecule has 4 aromatic rings. The first-order valence-electron chi connectivity index (χ1n) is 12.0. The van der Waals surface area contributed by atoms with Gasteiger partial charge < -0.3 is 15.1 Å². The number of hydrogen-bond donors (Lipinski definition) is 2. The van der Waals surface area contributed by atoms with Crippen LogP contribution < -0.4 is 4.90 Å². The van der Waals surface area contributed by atoms with Crippen LogP contribution in [0.15, 0.2) is 91.1 Å². The molecule has 1 aromatic heterocycles. The molecular weight excluding hydrogens is 472 g/mol. The average Bonchev–Trinajstić information content (AvgIpc) is 2.89. The van der Waals surface area contributed by atoms with Crippen LogP contribution in [-0.2, 0) is 4.79 Å². The maximum absolute atomic E-state index is 13.4. The topological polar surface area (TPSA) is 73.7 Å². The number of pyridine rings is 1. The van der Waals surface area contributed by atoms with Gasteiger partial charge >= 0.3 is 0 Å². The Bertz CT molecular complexity index is 1340. The second-order valence-corrected chi connectivity index (χ2v) is 9.67. The van der Waals surface area contributed by atoms with Gasteiger partial charge in [-0.3, -0.25) is 9.78 Å². The molecule has 3 atom stereocenters. The van der Waals surface area contributed by atoms with E-state index in [4.69, 9.17) is 11.6 Å². The quantitative estimate of drug-likeness (QED) is 0.280. The fourth-order valence-electron chi connectivity index (χ4n) is 4.81. The molecule has 36 heavy (non-hydrogen) atoms. The molecule has 1 saturated heterocycles. The van der Waals surface area contributed by atoms with E-state index in [-0.39, 0.29) is 23.6 Å². The lowest BCUT2D eigenvalue weighted by Crippen LogP contribution is -2.55. The van der Waals surface area contributed by atoms with Crippen molar-refractivity contribution >= 4 is 23.2 Å². The van der Waals surface area contributed by atoms with Gasteiger partial charge in [0, 0.05) is 28.2 Å². The molecule has 5 nitrogen and oxygen atoms in total. The Morgan fingerprint density at radius 1 is 0.917 bits per heavy atom. The number of phenols is 1. The first-order valence-corrected chi connectivity index (χ1v) is 12.4. The maximum Gasteiger partial charge on any atom is 0.233 e. The molecule has 0 spiro atoms. The summed E-state index contributed by atoms with van der Waals surface area (Å²) in [5.74, 6) is -0.0553. The summed E-state index contributed by atoms with van der Waals surface area (Å²) in [6, 6.07) is 25.9. The van der Waals surface area contributed by atoms with E-state index in [1.165, 1.54) is 0 Å². The van der Waals surface area contributed by atoms with Crippen molar-refractivity contribution in [3.8, 4) is 16.9 Å². The number of aromatic nitrogens is 1. The predicted octanol–water partition coefficient (Wildman–Crippen LogP) is 6.63. The van der Waals surface area contributed by atoms with Crippen LogP contribution in [0, 0.1) is 12.8 Å². The molecule has 1 aliphatic heterocycles. The summed E-state index contributed by atoms with van der Waals surface area (Å²) in [6.45, 7) is 1.96. The van der Waals surface area contributed by atoms with Crippen LogP contribution in [0.3, 0.4) is 0 Å². The van der Waals surface area contributed by atoms with E-state index < -0.39 is 6.10 Å². The SMILES string of the molecule is Cc1ccc(-c2ccc(N3C(=O)[C@H](CC[C@H](O)c4ccc(Cl)cc4)[C@H]3c3ccc(O)cc3)cc2)cn1. The molecular formula is C30H27ClN2O3. The molecule has 0 saturated carbocycles. The number of anilines is 1. The highest BCUT2D eigenvalue weighted by Crippen LogP contribution is 2.46. The van der Waals surface area contributed by atoms with E-state index in [0.717, 1.165) is 33.6 Å². The number of carbonyl (C=O) groups excluding carboxylic acids is 1. The average molecular weight is 499 g/mol. The predicted molar refractivity (Wildman–Crippen MR) is 142 cm³/mol. The van der Waals surface area contributed by atoms with Crippen molar-refractivity contribution < 1.29 is 15.0 Å². The zero-order chi connectivity index (χ0) is 25.2. The molecule has 3 aromatic carbocycles. The Hall–Kier alpha value is -3.67. The minimum atomic E-state index is -0.674. The second-order valence-electron chi connectivity index (χ2n) is 9.23. The third kappa shape index (κ3) is 4.85. The molecule has 0 unspecified atom stereocenters. The highest BCUT2D eigenvalue weighted by Gasteiger charge is 2.48. The van der Waals surface area contributed by atoms with Crippen molar-refractivity contribution in [2.24, 2.45) is 5.92 Å². The smallest absolute Gasteiger partial charge is 0.233 e. The first-order chi connectivity index (χ1) is 17.4. The standard InChI is InChI=1S/C30H27ClN2O3/c1-19-2-3-23(18-32-19)20-6-12-25(13-7-20)33-29(22-8-14-26(34)15-9-22)27(30(33)36)16-17-28(35)21-4-10-24(31)11-5-21/h2-15,18,27-29,34-35H,16-17H2,1H3/t27-,28+,29-/m1/s1. The number of β-lactam (4-membered cyclic amide) rings is 1. The lowest BCUT2D eigenvalue weighted by atomic mass is 9.78. The molecule has 1 fully saturated rings. The van der Waals surface area contributed by atoms with E-state index in [1.54, 1.807) is 24.3 Å². The Balaban J connectivity index is 1.37. The van der Waals surface area contributed by atoms with Gasteiger partial charge in [0.25, 0.3) is 0 Å². The molecule has 1 amide bonds. The fourth-order valence-corrected chi connectivity index (χ4v) is 4.94. The number of aromatic hydroxyl groups is 1. The van der Waals surface area contributed by atoms with E-state index in [1.807, 2.05) is 78.7 Å². The van der Waals surface area contributed by atoms with Crippen molar-refractivity contribution in [3.63, 3.8) is 0 Å². The molecule has 6 heteroatoms. The van der Waals surface area contributed by atoms with Gasteiger partial charge in [-0.15, -0.1) is 0 Å². The summed E-state index contributed by atoms with van der Waals surface area (Å²) in [6.07, 6.45) is 2.17. The Morgan fingerprint density at radius 2 is 1.58 bits per heavy atom. The number of carbonyl (C=O) groups is 1. The lowest BCUT2D eigenvalue weighted by Gasteiger charge is -2.48.